The van der Waals surface area contributed by atoms with Gasteiger partial charge in [0, 0.05) is 38.6 Å². The van der Waals surface area contributed by atoms with Crippen LogP contribution in [-0.4, -0.2) is 70.1 Å². The number of aromatic nitrogens is 2. The van der Waals surface area contributed by atoms with Crippen LogP contribution >= 0.6 is 11.3 Å². The highest BCUT2D eigenvalue weighted by atomic mass is 32.1. The maximum absolute atomic E-state index is 12.6. The number of ether oxygens (including phenoxy) is 1. The number of piperazine rings is 1. The van der Waals surface area contributed by atoms with Crippen LogP contribution in [0.5, 0.6) is 0 Å². The van der Waals surface area contributed by atoms with Gasteiger partial charge in [0.1, 0.15) is 0 Å². The molecule has 31 heavy (non-hydrogen) atoms. The Morgan fingerprint density at radius 1 is 1.00 bits per heavy atom. The van der Waals surface area contributed by atoms with E-state index in [1.54, 1.807) is 40.1 Å². The number of carbonyl (C=O) groups is 3. The molecule has 0 N–H and O–H groups in total. The number of benzene rings is 1. The van der Waals surface area contributed by atoms with Crippen molar-refractivity contribution in [2.75, 3.05) is 32.8 Å². The Kier molecular flexibility index (Phi) is 5.81. The summed E-state index contributed by atoms with van der Waals surface area (Å²) in [7, 11) is 1.45. The molecule has 9 nitrogen and oxygen atoms in total. The van der Waals surface area contributed by atoms with Gasteiger partial charge in [-0.3, -0.25) is 14.4 Å². The number of esters is 1. The van der Waals surface area contributed by atoms with Gasteiger partial charge < -0.3 is 14.5 Å². The zero-order chi connectivity index (χ0) is 22.0. The minimum absolute atomic E-state index is 0.0168. The van der Waals surface area contributed by atoms with Crippen LogP contribution < -0.4 is 5.56 Å². The van der Waals surface area contributed by atoms with Crippen LogP contribution in [-0.2, 0) is 16.6 Å². The van der Waals surface area contributed by atoms with Gasteiger partial charge in [-0.1, -0.05) is 24.3 Å². The van der Waals surface area contributed by atoms with E-state index in [4.69, 9.17) is 4.74 Å². The van der Waals surface area contributed by atoms with Crippen molar-refractivity contribution in [3.63, 3.8) is 0 Å². The molecule has 3 heterocycles. The van der Waals surface area contributed by atoms with Gasteiger partial charge in [0.05, 0.1) is 10.3 Å². The fourth-order valence-electron chi connectivity index (χ4n) is 3.45. The van der Waals surface area contributed by atoms with Crippen molar-refractivity contribution in [3.05, 3.63) is 62.7 Å². The van der Waals surface area contributed by atoms with Crippen LogP contribution in [0.15, 0.2) is 46.6 Å². The van der Waals surface area contributed by atoms with Crippen molar-refractivity contribution < 1.29 is 19.1 Å². The maximum Gasteiger partial charge on any atom is 0.359 e. The van der Waals surface area contributed by atoms with Gasteiger partial charge in [-0.05, 0) is 17.5 Å². The third-order valence-electron chi connectivity index (χ3n) is 5.13. The van der Waals surface area contributed by atoms with E-state index in [0.717, 1.165) is 4.68 Å². The summed E-state index contributed by atoms with van der Waals surface area (Å²) in [6.45, 7) is 1.15. The molecule has 2 amide bonds. The molecule has 4 rings (SSSR count). The van der Waals surface area contributed by atoms with E-state index in [9.17, 15) is 19.2 Å². The molecule has 1 saturated heterocycles. The minimum Gasteiger partial charge on any atom is -0.451 e. The molecular formula is C21H20N4O5S. The second kappa shape index (κ2) is 8.68. The normalized spacial score (nSPS) is 14.0. The van der Waals surface area contributed by atoms with E-state index < -0.39 is 12.6 Å². The van der Waals surface area contributed by atoms with Crippen LogP contribution in [0.1, 0.15) is 20.2 Å². The molecule has 10 heteroatoms. The Balaban J connectivity index is 1.36. The summed E-state index contributed by atoms with van der Waals surface area (Å²) >= 11 is 1.39. The van der Waals surface area contributed by atoms with E-state index in [2.05, 4.69) is 5.10 Å². The van der Waals surface area contributed by atoms with E-state index in [1.807, 2.05) is 11.4 Å². The van der Waals surface area contributed by atoms with Crippen LogP contribution in [0.4, 0.5) is 0 Å². The second-order valence-electron chi connectivity index (χ2n) is 7.05. The highest BCUT2D eigenvalue weighted by molar-refractivity contribution is 7.12. The number of carbonyl (C=O) groups excluding carboxylic acids is 3. The quantitative estimate of drug-likeness (QED) is 0.564. The largest absolute Gasteiger partial charge is 0.451 e. The number of aryl methyl sites for hydroxylation is 1. The van der Waals surface area contributed by atoms with Crippen molar-refractivity contribution in [1.82, 2.24) is 19.6 Å². The fourth-order valence-corrected chi connectivity index (χ4v) is 4.14. The molecule has 2 aromatic heterocycles. The standard InChI is InChI=1S/C21H20N4O5S/c1-23-19(27)15-6-3-2-5-14(15)18(22-23)21(29)30-13-17(26)24-8-10-25(11-9-24)20(28)16-7-4-12-31-16/h2-7,12H,8-11,13H2,1H3. The molecule has 0 aliphatic carbocycles. The molecule has 1 fully saturated rings. The molecule has 0 radical (unpaired) electrons. The summed E-state index contributed by atoms with van der Waals surface area (Å²) < 4.78 is 6.27. The average Bonchev–Trinajstić information content (AvgIpc) is 3.34. The zero-order valence-corrected chi connectivity index (χ0v) is 17.6. The lowest BCUT2D eigenvalue weighted by Gasteiger charge is -2.34. The molecule has 3 aromatic rings. The van der Waals surface area contributed by atoms with E-state index in [1.165, 1.54) is 18.4 Å². The minimum atomic E-state index is -0.772. The molecule has 0 unspecified atom stereocenters. The van der Waals surface area contributed by atoms with Crippen molar-refractivity contribution in [1.29, 1.82) is 0 Å². The van der Waals surface area contributed by atoms with Crippen LogP contribution in [0.3, 0.4) is 0 Å². The second-order valence-corrected chi connectivity index (χ2v) is 8.00. The van der Waals surface area contributed by atoms with E-state index >= 15 is 0 Å². The smallest absolute Gasteiger partial charge is 0.359 e. The van der Waals surface area contributed by atoms with Gasteiger partial charge in [0.15, 0.2) is 12.3 Å². The van der Waals surface area contributed by atoms with E-state index in [0.29, 0.717) is 41.8 Å². The lowest BCUT2D eigenvalue weighted by atomic mass is 10.1. The number of rotatable bonds is 4. The Labute approximate surface area is 181 Å². The van der Waals surface area contributed by atoms with Gasteiger partial charge in [0.25, 0.3) is 17.4 Å². The molecule has 1 aliphatic heterocycles. The molecule has 0 spiro atoms. The predicted molar refractivity (Wildman–Crippen MR) is 114 cm³/mol. The van der Waals surface area contributed by atoms with Crippen molar-refractivity contribution in [3.8, 4) is 0 Å². The predicted octanol–water partition coefficient (Wildman–Crippen LogP) is 1.14. The lowest BCUT2D eigenvalue weighted by molar-refractivity contribution is -0.136. The Hall–Kier alpha value is -3.53. The van der Waals surface area contributed by atoms with Gasteiger partial charge >= 0.3 is 5.97 Å². The highest BCUT2D eigenvalue weighted by Crippen LogP contribution is 2.15. The van der Waals surface area contributed by atoms with Crippen molar-refractivity contribution in [2.45, 2.75) is 0 Å². The van der Waals surface area contributed by atoms with Gasteiger partial charge in [-0.15, -0.1) is 11.3 Å². The van der Waals surface area contributed by atoms with Crippen LogP contribution in [0.2, 0.25) is 0 Å². The third-order valence-corrected chi connectivity index (χ3v) is 5.99. The first-order chi connectivity index (χ1) is 15.0. The first-order valence-corrected chi connectivity index (χ1v) is 10.6. The first-order valence-electron chi connectivity index (χ1n) is 9.69. The van der Waals surface area contributed by atoms with Crippen LogP contribution in [0, 0.1) is 0 Å². The van der Waals surface area contributed by atoms with Gasteiger partial charge in [-0.25, -0.2) is 9.48 Å². The fraction of sp³-hybridized carbons (Fsp3) is 0.286. The average molecular weight is 440 g/mol. The monoisotopic (exact) mass is 440 g/mol. The Bertz CT molecular complexity index is 1200. The Morgan fingerprint density at radius 2 is 1.68 bits per heavy atom. The number of hydrogen-bond donors (Lipinski definition) is 0. The molecule has 1 aliphatic rings. The van der Waals surface area contributed by atoms with Crippen molar-refractivity contribution >= 4 is 39.9 Å². The molecule has 160 valence electrons. The molecular weight excluding hydrogens is 420 g/mol. The number of hydrogen-bond acceptors (Lipinski definition) is 7. The summed E-state index contributed by atoms with van der Waals surface area (Å²) in [4.78, 5) is 53.6. The lowest BCUT2D eigenvalue weighted by Crippen LogP contribution is -2.51. The van der Waals surface area contributed by atoms with E-state index in [-0.39, 0.29) is 23.1 Å². The SMILES string of the molecule is Cn1nc(C(=O)OCC(=O)N2CCN(C(=O)c3cccs3)CC2)c2ccccc2c1=O. The summed E-state index contributed by atoms with van der Waals surface area (Å²) in [5.41, 5.74) is -0.338. The third kappa shape index (κ3) is 4.19. The van der Waals surface area contributed by atoms with Gasteiger partial charge in [-0.2, -0.15) is 5.10 Å². The van der Waals surface area contributed by atoms with Crippen molar-refractivity contribution in [2.24, 2.45) is 7.05 Å². The number of amides is 2. The number of thiophene rings is 1. The summed E-state index contributed by atoms with van der Waals surface area (Å²) in [5.74, 6) is -1.15. The van der Waals surface area contributed by atoms with Gasteiger partial charge in [0.2, 0.25) is 0 Å². The van der Waals surface area contributed by atoms with Crippen LogP contribution in [0.25, 0.3) is 10.8 Å². The Morgan fingerprint density at radius 3 is 2.35 bits per heavy atom. The number of fused-ring (bicyclic) bond motifs is 1. The summed E-state index contributed by atoms with van der Waals surface area (Å²) in [6, 6.07) is 10.2. The number of nitrogens with zero attached hydrogens (tertiary/aromatic N) is 4. The topological polar surface area (TPSA) is 102 Å². The first kappa shape index (κ1) is 20.7. The molecule has 0 bridgehead atoms. The molecule has 0 atom stereocenters. The molecule has 1 aromatic carbocycles. The maximum atomic E-state index is 12.6. The zero-order valence-electron chi connectivity index (χ0n) is 16.8. The summed E-state index contributed by atoms with van der Waals surface area (Å²) in [6.07, 6.45) is 0. The highest BCUT2D eigenvalue weighted by Gasteiger charge is 2.26. The molecule has 0 saturated carbocycles. The summed E-state index contributed by atoms with van der Waals surface area (Å²) in [5, 5.41) is 6.59.